The second kappa shape index (κ2) is 5.76. The van der Waals surface area contributed by atoms with Crippen LogP contribution in [0.4, 0.5) is 8.78 Å². The van der Waals surface area contributed by atoms with E-state index in [2.05, 4.69) is 0 Å². The summed E-state index contributed by atoms with van der Waals surface area (Å²) in [6.07, 6.45) is 2.67. The van der Waals surface area contributed by atoms with Gasteiger partial charge in [-0.2, -0.15) is 0 Å². The van der Waals surface area contributed by atoms with Gasteiger partial charge in [0.25, 0.3) is 0 Å². The lowest BCUT2D eigenvalue weighted by Crippen LogP contribution is -2.20. The Morgan fingerprint density at radius 2 is 1.90 bits per heavy atom. The lowest BCUT2D eigenvalue weighted by Gasteiger charge is -2.24. The van der Waals surface area contributed by atoms with Gasteiger partial charge in [0.1, 0.15) is 5.78 Å². The van der Waals surface area contributed by atoms with Gasteiger partial charge in [0, 0.05) is 12.3 Å². The van der Waals surface area contributed by atoms with Crippen molar-refractivity contribution in [1.82, 2.24) is 0 Å². The van der Waals surface area contributed by atoms with Gasteiger partial charge in [0.15, 0.2) is 11.6 Å². The molecule has 0 amide bonds. The predicted molar refractivity (Wildman–Crippen MR) is 77.2 cm³/mol. The van der Waals surface area contributed by atoms with Crippen LogP contribution < -0.4 is 0 Å². The molecule has 0 fully saturated rings. The Bertz CT molecular complexity index is 679. The number of rotatable bonds is 3. The summed E-state index contributed by atoms with van der Waals surface area (Å²) in [4.78, 5) is 12.5. The fraction of sp³-hybridized carbons (Fsp3) is 0.278. The number of carbonyl (C=O) groups is 1. The van der Waals surface area contributed by atoms with Crippen LogP contribution in [0.5, 0.6) is 0 Å². The van der Waals surface area contributed by atoms with E-state index in [1.807, 2.05) is 24.3 Å². The number of hydrogen-bond acceptors (Lipinski definition) is 1. The minimum Gasteiger partial charge on any atom is -0.299 e. The fourth-order valence-electron chi connectivity index (χ4n) is 3.08. The predicted octanol–water partition coefficient (Wildman–Crippen LogP) is 4.20. The zero-order chi connectivity index (χ0) is 14.8. The highest BCUT2D eigenvalue weighted by Crippen LogP contribution is 2.33. The second-order valence-electron chi connectivity index (χ2n) is 5.50. The van der Waals surface area contributed by atoms with Crippen molar-refractivity contribution in [2.45, 2.75) is 31.6 Å². The summed E-state index contributed by atoms with van der Waals surface area (Å²) in [6, 6.07) is 11.9. The third-order valence-corrected chi connectivity index (χ3v) is 4.15. The van der Waals surface area contributed by atoms with Crippen LogP contribution in [0.1, 0.15) is 35.4 Å². The van der Waals surface area contributed by atoms with Gasteiger partial charge >= 0.3 is 0 Å². The van der Waals surface area contributed by atoms with Crippen LogP contribution in [0.3, 0.4) is 0 Å². The lowest BCUT2D eigenvalue weighted by molar-refractivity contribution is -0.120. The van der Waals surface area contributed by atoms with E-state index in [-0.39, 0.29) is 23.7 Å². The van der Waals surface area contributed by atoms with Crippen LogP contribution in [0.25, 0.3) is 0 Å². The Kier molecular flexibility index (Phi) is 3.82. The highest BCUT2D eigenvalue weighted by atomic mass is 19.2. The topological polar surface area (TPSA) is 17.1 Å². The molecule has 0 saturated carbocycles. The molecular formula is C18H16F2O. The molecule has 0 heterocycles. The number of ketones is 1. The Morgan fingerprint density at radius 1 is 1.10 bits per heavy atom. The van der Waals surface area contributed by atoms with E-state index >= 15 is 0 Å². The van der Waals surface area contributed by atoms with Gasteiger partial charge in [-0.3, -0.25) is 4.79 Å². The standard InChI is InChI=1S/C18H16F2O/c19-16-10-4-7-13(18(16)20)11-17(21)15-9-3-6-12-5-1-2-8-14(12)15/h1-2,4-5,7-8,10,15H,3,6,9,11H2. The summed E-state index contributed by atoms with van der Waals surface area (Å²) < 4.78 is 26.9. The molecule has 3 rings (SSSR count). The molecule has 0 bridgehead atoms. The van der Waals surface area contributed by atoms with Crippen LogP contribution in [0.15, 0.2) is 42.5 Å². The summed E-state index contributed by atoms with van der Waals surface area (Å²) in [5.41, 5.74) is 2.38. The summed E-state index contributed by atoms with van der Waals surface area (Å²) >= 11 is 0. The van der Waals surface area contributed by atoms with E-state index in [1.54, 1.807) is 0 Å². The first-order valence-electron chi connectivity index (χ1n) is 7.20. The molecule has 2 aromatic carbocycles. The molecule has 0 aliphatic heterocycles. The van der Waals surface area contributed by atoms with Gasteiger partial charge in [-0.25, -0.2) is 8.78 Å². The Morgan fingerprint density at radius 3 is 2.76 bits per heavy atom. The number of halogens is 2. The van der Waals surface area contributed by atoms with Crippen LogP contribution >= 0.6 is 0 Å². The van der Waals surface area contributed by atoms with Crippen LogP contribution in [0.2, 0.25) is 0 Å². The van der Waals surface area contributed by atoms with Crippen molar-refractivity contribution in [3.05, 3.63) is 70.8 Å². The number of Topliss-reactive ketones (excluding diaryl/α,β-unsaturated/α-hetero) is 1. The van der Waals surface area contributed by atoms with Gasteiger partial charge in [-0.15, -0.1) is 0 Å². The maximum absolute atomic E-state index is 13.7. The summed E-state index contributed by atoms with van der Waals surface area (Å²) in [6.45, 7) is 0. The first kappa shape index (κ1) is 13.9. The van der Waals surface area contributed by atoms with E-state index in [4.69, 9.17) is 0 Å². The van der Waals surface area contributed by atoms with Crippen molar-refractivity contribution in [3.8, 4) is 0 Å². The number of fused-ring (bicyclic) bond motifs is 1. The van der Waals surface area contributed by atoms with E-state index in [0.29, 0.717) is 0 Å². The highest BCUT2D eigenvalue weighted by molar-refractivity contribution is 5.88. The zero-order valence-electron chi connectivity index (χ0n) is 11.6. The van der Waals surface area contributed by atoms with Crippen LogP contribution in [0, 0.1) is 11.6 Å². The molecule has 1 aliphatic carbocycles. The molecule has 0 N–H and O–H groups in total. The third kappa shape index (κ3) is 2.73. The maximum Gasteiger partial charge on any atom is 0.162 e. The Labute approximate surface area is 122 Å². The number of benzene rings is 2. The van der Waals surface area contributed by atoms with Gasteiger partial charge in [0.05, 0.1) is 0 Å². The number of hydrogen-bond donors (Lipinski definition) is 0. The summed E-state index contributed by atoms with van der Waals surface area (Å²) in [5.74, 6) is -2.04. The first-order chi connectivity index (χ1) is 10.2. The fourth-order valence-corrected chi connectivity index (χ4v) is 3.08. The maximum atomic E-state index is 13.7. The molecule has 3 heteroatoms. The van der Waals surface area contributed by atoms with Crippen LogP contribution in [-0.2, 0) is 17.6 Å². The van der Waals surface area contributed by atoms with E-state index in [1.165, 1.54) is 17.7 Å². The molecule has 0 saturated heterocycles. The second-order valence-corrected chi connectivity index (χ2v) is 5.50. The molecule has 1 unspecified atom stereocenters. The molecule has 1 atom stereocenters. The monoisotopic (exact) mass is 286 g/mol. The average molecular weight is 286 g/mol. The SMILES string of the molecule is O=C(Cc1cccc(F)c1F)C1CCCc2ccccc21. The zero-order valence-corrected chi connectivity index (χ0v) is 11.6. The van der Waals surface area contributed by atoms with E-state index in [0.717, 1.165) is 30.9 Å². The van der Waals surface area contributed by atoms with E-state index in [9.17, 15) is 13.6 Å². The number of aryl methyl sites for hydroxylation is 1. The van der Waals surface area contributed by atoms with Crippen molar-refractivity contribution in [2.24, 2.45) is 0 Å². The average Bonchev–Trinajstić information content (AvgIpc) is 2.51. The molecule has 1 aliphatic rings. The molecule has 21 heavy (non-hydrogen) atoms. The molecule has 1 nitrogen and oxygen atoms in total. The van der Waals surface area contributed by atoms with Crippen molar-refractivity contribution in [1.29, 1.82) is 0 Å². The van der Waals surface area contributed by atoms with Crippen molar-refractivity contribution in [3.63, 3.8) is 0 Å². The van der Waals surface area contributed by atoms with Gasteiger partial charge in [-0.1, -0.05) is 36.4 Å². The van der Waals surface area contributed by atoms with Gasteiger partial charge < -0.3 is 0 Å². The van der Waals surface area contributed by atoms with Gasteiger partial charge in [-0.05, 0) is 42.0 Å². The molecule has 108 valence electrons. The lowest BCUT2D eigenvalue weighted by atomic mass is 9.79. The highest BCUT2D eigenvalue weighted by Gasteiger charge is 2.26. The normalized spacial score (nSPS) is 17.3. The minimum atomic E-state index is -0.907. The largest absolute Gasteiger partial charge is 0.299 e. The molecule has 2 aromatic rings. The molecule has 0 radical (unpaired) electrons. The smallest absolute Gasteiger partial charge is 0.162 e. The number of carbonyl (C=O) groups excluding carboxylic acids is 1. The molecule has 0 aromatic heterocycles. The Balaban J connectivity index is 1.85. The van der Waals surface area contributed by atoms with Crippen LogP contribution in [-0.4, -0.2) is 5.78 Å². The van der Waals surface area contributed by atoms with Crippen molar-refractivity contribution in [2.75, 3.05) is 0 Å². The van der Waals surface area contributed by atoms with E-state index < -0.39 is 11.6 Å². The quantitative estimate of drug-likeness (QED) is 0.826. The van der Waals surface area contributed by atoms with Crippen molar-refractivity contribution >= 4 is 5.78 Å². The molecular weight excluding hydrogens is 270 g/mol. The third-order valence-electron chi connectivity index (χ3n) is 4.15. The Hall–Kier alpha value is -2.03. The summed E-state index contributed by atoms with van der Waals surface area (Å²) in [5, 5.41) is 0. The van der Waals surface area contributed by atoms with Gasteiger partial charge in [0.2, 0.25) is 0 Å². The first-order valence-corrected chi connectivity index (χ1v) is 7.20. The molecule has 0 spiro atoms. The van der Waals surface area contributed by atoms with Crippen molar-refractivity contribution < 1.29 is 13.6 Å². The minimum absolute atomic E-state index is 0.0355. The summed E-state index contributed by atoms with van der Waals surface area (Å²) in [7, 11) is 0.